The van der Waals surface area contributed by atoms with Crippen LogP contribution in [0.1, 0.15) is 33.6 Å². The van der Waals surface area contributed by atoms with Gasteiger partial charge in [-0.1, -0.05) is 13.8 Å². The molecule has 0 bridgehead atoms. The van der Waals surface area contributed by atoms with Crippen LogP contribution in [-0.2, 0) is 23.8 Å². The summed E-state index contributed by atoms with van der Waals surface area (Å²) in [5.41, 5.74) is -1.16. The third kappa shape index (κ3) is 4.28. The van der Waals surface area contributed by atoms with E-state index in [2.05, 4.69) is 13.8 Å². The van der Waals surface area contributed by atoms with E-state index in [1.54, 1.807) is 6.92 Å². The summed E-state index contributed by atoms with van der Waals surface area (Å²) in [7, 11) is 0. The van der Waals surface area contributed by atoms with Gasteiger partial charge in [-0.05, 0) is 19.3 Å². The molecular weight excluding hydrogens is 248 g/mol. The number of esters is 1. The fourth-order valence-electron chi connectivity index (χ4n) is 2.05. The van der Waals surface area contributed by atoms with Crippen molar-refractivity contribution in [1.29, 1.82) is 0 Å². The monoisotopic (exact) mass is 272 g/mol. The van der Waals surface area contributed by atoms with Crippen LogP contribution in [-0.4, -0.2) is 44.8 Å². The Kier molecular flexibility index (Phi) is 6.45. The molecule has 19 heavy (non-hydrogen) atoms. The van der Waals surface area contributed by atoms with E-state index < -0.39 is 11.4 Å². The maximum absolute atomic E-state index is 12.1. The van der Waals surface area contributed by atoms with Gasteiger partial charge in [0.2, 0.25) is 0 Å². The van der Waals surface area contributed by atoms with Gasteiger partial charge in [0.05, 0.1) is 19.8 Å². The van der Waals surface area contributed by atoms with Crippen molar-refractivity contribution in [2.45, 2.75) is 33.6 Å². The smallest absolute Gasteiger partial charge is 0.322 e. The summed E-state index contributed by atoms with van der Waals surface area (Å²) in [6.45, 7) is 7.57. The number of hydrogen-bond acceptors (Lipinski definition) is 5. The minimum absolute atomic E-state index is 0.0923. The number of hydrogen-bond donors (Lipinski definition) is 0. The number of ketones is 1. The highest BCUT2D eigenvalue weighted by atomic mass is 16.5. The van der Waals surface area contributed by atoms with E-state index in [9.17, 15) is 9.59 Å². The Hall–Kier alpha value is -0.940. The Bertz CT molecular complexity index is 313. The van der Waals surface area contributed by atoms with Crippen molar-refractivity contribution in [3.05, 3.63) is 0 Å². The van der Waals surface area contributed by atoms with Crippen LogP contribution >= 0.6 is 0 Å². The topological polar surface area (TPSA) is 61.8 Å². The van der Waals surface area contributed by atoms with E-state index in [1.807, 2.05) is 0 Å². The number of carbonyl (C=O) groups is 2. The van der Waals surface area contributed by atoms with Crippen LogP contribution in [0.4, 0.5) is 0 Å². The van der Waals surface area contributed by atoms with Crippen LogP contribution < -0.4 is 0 Å². The maximum Gasteiger partial charge on any atom is 0.322 e. The molecule has 0 saturated carbocycles. The third-order valence-corrected chi connectivity index (χ3v) is 3.15. The second kappa shape index (κ2) is 7.60. The van der Waals surface area contributed by atoms with Crippen molar-refractivity contribution < 1.29 is 23.8 Å². The predicted octanol–water partition coefficient (Wildman–Crippen LogP) is 1.59. The van der Waals surface area contributed by atoms with Gasteiger partial charge in [0.1, 0.15) is 0 Å². The highest BCUT2D eigenvalue weighted by Gasteiger charge is 2.48. The SMILES string of the molecule is CCOC(=O)C1(CCOCC(C)C)COCCC1=O. The molecule has 1 heterocycles. The molecule has 0 radical (unpaired) electrons. The first-order valence-corrected chi connectivity index (χ1v) is 6.89. The van der Waals surface area contributed by atoms with Gasteiger partial charge in [0.25, 0.3) is 0 Å². The summed E-state index contributed by atoms with van der Waals surface area (Å²) in [4.78, 5) is 24.2. The Labute approximate surface area is 114 Å². The highest BCUT2D eigenvalue weighted by molar-refractivity contribution is 6.04. The molecule has 1 aliphatic rings. The number of rotatable bonds is 7. The molecule has 0 N–H and O–H groups in total. The zero-order valence-corrected chi connectivity index (χ0v) is 12.1. The molecule has 1 saturated heterocycles. The number of Topliss-reactive ketones (excluding diaryl/α,β-unsaturated/α-hetero) is 1. The van der Waals surface area contributed by atoms with Crippen molar-refractivity contribution in [3.63, 3.8) is 0 Å². The standard InChI is InChI=1S/C14H24O5/c1-4-19-13(16)14(6-8-17-9-11(2)3)10-18-7-5-12(14)15/h11H,4-10H2,1-3H3. The van der Waals surface area contributed by atoms with Gasteiger partial charge >= 0.3 is 5.97 Å². The van der Waals surface area contributed by atoms with Crippen molar-refractivity contribution in [2.24, 2.45) is 11.3 Å². The summed E-state index contributed by atoms with van der Waals surface area (Å²) in [5, 5.41) is 0. The van der Waals surface area contributed by atoms with Crippen LogP contribution in [0.3, 0.4) is 0 Å². The molecule has 1 aliphatic heterocycles. The van der Waals surface area contributed by atoms with E-state index in [0.29, 0.717) is 32.2 Å². The quantitative estimate of drug-likeness (QED) is 0.400. The molecule has 0 spiro atoms. The normalized spacial score (nSPS) is 23.7. The second-order valence-corrected chi connectivity index (χ2v) is 5.25. The lowest BCUT2D eigenvalue weighted by Gasteiger charge is -2.33. The summed E-state index contributed by atoms with van der Waals surface area (Å²) in [6, 6.07) is 0. The largest absolute Gasteiger partial charge is 0.465 e. The van der Waals surface area contributed by atoms with Crippen LogP contribution in [0, 0.1) is 11.3 Å². The van der Waals surface area contributed by atoms with Crippen LogP contribution in [0.15, 0.2) is 0 Å². The first-order valence-electron chi connectivity index (χ1n) is 6.89. The van der Waals surface area contributed by atoms with Crippen LogP contribution in [0.2, 0.25) is 0 Å². The number of ether oxygens (including phenoxy) is 3. The van der Waals surface area contributed by atoms with Crippen LogP contribution in [0.25, 0.3) is 0 Å². The average molecular weight is 272 g/mol. The van der Waals surface area contributed by atoms with Gasteiger partial charge in [-0.3, -0.25) is 9.59 Å². The van der Waals surface area contributed by atoms with E-state index in [0.717, 1.165) is 0 Å². The highest BCUT2D eigenvalue weighted by Crippen LogP contribution is 2.31. The summed E-state index contributed by atoms with van der Waals surface area (Å²) >= 11 is 0. The first-order chi connectivity index (χ1) is 9.03. The predicted molar refractivity (Wildman–Crippen MR) is 69.8 cm³/mol. The molecule has 0 aromatic heterocycles. The molecule has 110 valence electrons. The third-order valence-electron chi connectivity index (χ3n) is 3.15. The van der Waals surface area contributed by atoms with Gasteiger partial charge in [0.15, 0.2) is 11.2 Å². The molecule has 5 nitrogen and oxygen atoms in total. The van der Waals surface area contributed by atoms with Gasteiger partial charge in [-0.2, -0.15) is 0 Å². The van der Waals surface area contributed by atoms with Gasteiger partial charge < -0.3 is 14.2 Å². The molecule has 1 atom stereocenters. The molecule has 0 aliphatic carbocycles. The summed E-state index contributed by atoms with van der Waals surface area (Å²) < 4.78 is 15.8. The zero-order valence-electron chi connectivity index (χ0n) is 12.1. The molecule has 0 aromatic rings. The van der Waals surface area contributed by atoms with Gasteiger partial charge in [0, 0.05) is 19.6 Å². The lowest BCUT2D eigenvalue weighted by Crippen LogP contribution is -2.48. The van der Waals surface area contributed by atoms with Crippen molar-refractivity contribution >= 4 is 11.8 Å². The molecular formula is C14H24O5. The van der Waals surface area contributed by atoms with Crippen molar-refractivity contribution in [1.82, 2.24) is 0 Å². The van der Waals surface area contributed by atoms with Gasteiger partial charge in [-0.25, -0.2) is 0 Å². The van der Waals surface area contributed by atoms with E-state index in [-0.39, 0.29) is 25.4 Å². The number of carbonyl (C=O) groups excluding carboxylic acids is 2. The molecule has 0 aromatic carbocycles. The van der Waals surface area contributed by atoms with E-state index in [1.165, 1.54) is 0 Å². The second-order valence-electron chi connectivity index (χ2n) is 5.25. The molecule has 0 amide bonds. The van der Waals surface area contributed by atoms with Crippen molar-refractivity contribution in [2.75, 3.05) is 33.0 Å². The maximum atomic E-state index is 12.1. The average Bonchev–Trinajstić information content (AvgIpc) is 2.37. The molecule has 1 fully saturated rings. The fraction of sp³-hybridized carbons (Fsp3) is 0.857. The Morgan fingerprint density at radius 1 is 1.47 bits per heavy atom. The van der Waals surface area contributed by atoms with E-state index >= 15 is 0 Å². The van der Waals surface area contributed by atoms with Crippen molar-refractivity contribution in [3.8, 4) is 0 Å². The van der Waals surface area contributed by atoms with Gasteiger partial charge in [-0.15, -0.1) is 0 Å². The van der Waals surface area contributed by atoms with E-state index in [4.69, 9.17) is 14.2 Å². The molecule has 1 rings (SSSR count). The molecule has 1 unspecified atom stereocenters. The Balaban J connectivity index is 2.64. The van der Waals surface area contributed by atoms with Crippen LogP contribution in [0.5, 0.6) is 0 Å². The Morgan fingerprint density at radius 3 is 2.79 bits per heavy atom. The minimum Gasteiger partial charge on any atom is -0.465 e. The first kappa shape index (κ1) is 16.1. The lowest BCUT2D eigenvalue weighted by molar-refractivity contribution is -0.171. The minimum atomic E-state index is -1.16. The summed E-state index contributed by atoms with van der Waals surface area (Å²) in [5.74, 6) is -0.143. The Morgan fingerprint density at radius 2 is 2.21 bits per heavy atom. The summed E-state index contributed by atoms with van der Waals surface area (Å²) in [6.07, 6.45) is 0.598. The lowest BCUT2D eigenvalue weighted by atomic mass is 9.78. The molecule has 5 heteroatoms. The fourth-order valence-corrected chi connectivity index (χ4v) is 2.05. The zero-order chi connectivity index (χ0) is 14.3.